The first kappa shape index (κ1) is 9.59. The predicted octanol–water partition coefficient (Wildman–Crippen LogP) is 2.87. The summed E-state index contributed by atoms with van der Waals surface area (Å²) in [6.07, 6.45) is 0. The van der Waals surface area contributed by atoms with Gasteiger partial charge >= 0.3 is 0 Å². The number of phenols is 1. The minimum absolute atomic E-state index is 0.246. The van der Waals surface area contributed by atoms with E-state index >= 15 is 0 Å². The van der Waals surface area contributed by atoms with Crippen molar-refractivity contribution >= 4 is 0 Å². The number of hydrogen-bond acceptors (Lipinski definition) is 2. The van der Waals surface area contributed by atoms with Gasteiger partial charge in [0.25, 0.3) is 0 Å². The molecule has 0 unspecified atom stereocenters. The molecule has 0 amide bonds. The van der Waals surface area contributed by atoms with E-state index in [1.807, 2.05) is 24.3 Å². The number of rotatable bonds is 2. The second-order valence-corrected chi connectivity index (χ2v) is 3.13. The van der Waals surface area contributed by atoms with Gasteiger partial charge in [-0.15, -0.1) is 0 Å². The Balaban J connectivity index is 2.59. The van der Waals surface area contributed by atoms with Crippen LogP contribution in [0.4, 0.5) is 0 Å². The molecule has 0 aromatic heterocycles. The minimum atomic E-state index is 0.246. The molecule has 2 nitrogen and oxygen atoms in total. The highest BCUT2D eigenvalue weighted by atomic mass is 16.5. The normalized spacial score (nSPS) is 9.93. The van der Waals surface area contributed by atoms with Crippen molar-refractivity contribution in [2.75, 3.05) is 7.11 Å². The SMILES string of the molecule is COc1[c]cccc1-c1ccccc1O. The van der Waals surface area contributed by atoms with Gasteiger partial charge < -0.3 is 9.84 Å². The Bertz CT molecular complexity index is 464. The minimum Gasteiger partial charge on any atom is -0.507 e. The summed E-state index contributed by atoms with van der Waals surface area (Å²) < 4.78 is 5.19. The molecule has 1 radical (unpaired) electrons. The zero-order valence-corrected chi connectivity index (χ0v) is 8.40. The van der Waals surface area contributed by atoms with Gasteiger partial charge in [0.2, 0.25) is 0 Å². The molecular formula is C13H11O2. The molecule has 0 aliphatic carbocycles. The number of phenolic OH excluding ortho intramolecular Hbond substituents is 1. The van der Waals surface area contributed by atoms with Crippen molar-refractivity contribution in [3.63, 3.8) is 0 Å². The molecule has 0 heterocycles. The molecule has 2 heteroatoms. The Morgan fingerprint density at radius 1 is 1.07 bits per heavy atom. The second kappa shape index (κ2) is 4.05. The van der Waals surface area contributed by atoms with Crippen LogP contribution in [0.1, 0.15) is 0 Å². The molecule has 0 aliphatic rings. The summed E-state index contributed by atoms with van der Waals surface area (Å²) in [5, 5.41) is 9.71. The Hall–Kier alpha value is -1.96. The first-order chi connectivity index (χ1) is 7.33. The lowest BCUT2D eigenvalue weighted by Crippen LogP contribution is -1.87. The third-order valence-corrected chi connectivity index (χ3v) is 2.22. The highest BCUT2D eigenvalue weighted by molar-refractivity contribution is 5.75. The van der Waals surface area contributed by atoms with Crippen molar-refractivity contribution < 1.29 is 9.84 Å². The number of hydrogen-bond donors (Lipinski definition) is 1. The van der Waals surface area contributed by atoms with Crippen molar-refractivity contribution in [3.05, 3.63) is 48.5 Å². The topological polar surface area (TPSA) is 29.5 Å². The Kier molecular flexibility index (Phi) is 2.59. The molecule has 2 rings (SSSR count). The number of benzene rings is 2. The Morgan fingerprint density at radius 2 is 1.80 bits per heavy atom. The second-order valence-electron chi connectivity index (χ2n) is 3.13. The molecule has 0 aliphatic heterocycles. The summed E-state index contributed by atoms with van der Waals surface area (Å²) in [7, 11) is 1.59. The molecular weight excluding hydrogens is 188 g/mol. The number of aromatic hydroxyl groups is 1. The zero-order chi connectivity index (χ0) is 10.7. The van der Waals surface area contributed by atoms with Crippen LogP contribution in [0.3, 0.4) is 0 Å². The van der Waals surface area contributed by atoms with Crippen molar-refractivity contribution in [1.82, 2.24) is 0 Å². The summed E-state index contributed by atoms with van der Waals surface area (Å²) in [6.45, 7) is 0. The average molecular weight is 199 g/mol. The lowest BCUT2D eigenvalue weighted by atomic mass is 10.0. The lowest BCUT2D eigenvalue weighted by Gasteiger charge is -2.08. The van der Waals surface area contributed by atoms with Gasteiger partial charge in [-0.2, -0.15) is 0 Å². The quantitative estimate of drug-likeness (QED) is 0.805. The zero-order valence-electron chi connectivity index (χ0n) is 8.40. The number of para-hydroxylation sites is 2. The van der Waals surface area contributed by atoms with E-state index in [4.69, 9.17) is 4.74 Å². The van der Waals surface area contributed by atoms with Crippen LogP contribution in [0, 0.1) is 6.07 Å². The first-order valence-corrected chi connectivity index (χ1v) is 4.66. The molecule has 2 aromatic carbocycles. The summed E-state index contributed by atoms with van der Waals surface area (Å²) >= 11 is 0. The van der Waals surface area contributed by atoms with Crippen molar-refractivity contribution in [3.8, 4) is 22.6 Å². The average Bonchev–Trinajstić information content (AvgIpc) is 2.30. The Labute approximate surface area is 88.8 Å². The van der Waals surface area contributed by atoms with E-state index in [1.54, 1.807) is 25.3 Å². The fourth-order valence-corrected chi connectivity index (χ4v) is 1.50. The third kappa shape index (κ3) is 1.79. The van der Waals surface area contributed by atoms with E-state index in [-0.39, 0.29) is 5.75 Å². The first-order valence-electron chi connectivity index (χ1n) is 4.66. The highest BCUT2D eigenvalue weighted by Gasteiger charge is 2.07. The van der Waals surface area contributed by atoms with Crippen LogP contribution in [0.2, 0.25) is 0 Å². The maximum atomic E-state index is 9.71. The number of ether oxygens (including phenoxy) is 1. The molecule has 0 bridgehead atoms. The fourth-order valence-electron chi connectivity index (χ4n) is 1.50. The largest absolute Gasteiger partial charge is 0.507 e. The van der Waals surface area contributed by atoms with Crippen molar-refractivity contribution in [1.29, 1.82) is 0 Å². The van der Waals surface area contributed by atoms with E-state index in [0.717, 1.165) is 11.1 Å². The van der Waals surface area contributed by atoms with E-state index in [1.165, 1.54) is 0 Å². The molecule has 15 heavy (non-hydrogen) atoms. The van der Waals surface area contributed by atoms with Gasteiger partial charge in [0, 0.05) is 17.2 Å². The van der Waals surface area contributed by atoms with Gasteiger partial charge in [-0.1, -0.05) is 36.4 Å². The highest BCUT2D eigenvalue weighted by Crippen LogP contribution is 2.34. The molecule has 0 fully saturated rings. The fraction of sp³-hybridized carbons (Fsp3) is 0.0769. The lowest BCUT2D eigenvalue weighted by molar-refractivity contribution is 0.415. The molecule has 1 N–H and O–H groups in total. The van der Waals surface area contributed by atoms with Crippen LogP contribution in [0.25, 0.3) is 11.1 Å². The van der Waals surface area contributed by atoms with Gasteiger partial charge in [0.1, 0.15) is 11.5 Å². The standard InChI is InChI=1S/C13H11O2/c1-15-13-9-5-3-7-11(13)10-6-2-4-8-12(10)14/h2-8,14H,1H3. The van der Waals surface area contributed by atoms with E-state index < -0.39 is 0 Å². The summed E-state index contributed by atoms with van der Waals surface area (Å²) in [5.41, 5.74) is 1.60. The Morgan fingerprint density at radius 3 is 2.53 bits per heavy atom. The van der Waals surface area contributed by atoms with Gasteiger partial charge in [0.05, 0.1) is 7.11 Å². The third-order valence-electron chi connectivity index (χ3n) is 2.22. The summed E-state index contributed by atoms with van der Waals surface area (Å²) in [5.74, 6) is 0.884. The van der Waals surface area contributed by atoms with Crippen LogP contribution < -0.4 is 4.74 Å². The van der Waals surface area contributed by atoms with Crippen molar-refractivity contribution in [2.45, 2.75) is 0 Å². The molecule has 0 saturated carbocycles. The van der Waals surface area contributed by atoms with E-state index in [0.29, 0.717) is 5.75 Å². The van der Waals surface area contributed by atoms with Crippen LogP contribution in [-0.4, -0.2) is 12.2 Å². The monoisotopic (exact) mass is 199 g/mol. The molecule has 75 valence electrons. The van der Waals surface area contributed by atoms with Gasteiger partial charge in [-0.05, 0) is 6.07 Å². The van der Waals surface area contributed by atoms with Crippen molar-refractivity contribution in [2.24, 2.45) is 0 Å². The van der Waals surface area contributed by atoms with Crippen LogP contribution in [-0.2, 0) is 0 Å². The maximum Gasteiger partial charge on any atom is 0.134 e. The summed E-state index contributed by atoms with van der Waals surface area (Å²) in [6, 6.07) is 15.7. The van der Waals surface area contributed by atoms with E-state index in [9.17, 15) is 5.11 Å². The molecule has 0 atom stereocenters. The van der Waals surface area contributed by atoms with E-state index in [2.05, 4.69) is 6.07 Å². The maximum absolute atomic E-state index is 9.71. The van der Waals surface area contributed by atoms with Crippen LogP contribution in [0.15, 0.2) is 42.5 Å². The molecule has 2 aromatic rings. The number of methoxy groups -OCH3 is 1. The van der Waals surface area contributed by atoms with Gasteiger partial charge in [-0.25, -0.2) is 0 Å². The molecule has 0 saturated heterocycles. The van der Waals surface area contributed by atoms with Crippen LogP contribution in [0.5, 0.6) is 11.5 Å². The summed E-state index contributed by atoms with van der Waals surface area (Å²) in [4.78, 5) is 0. The predicted molar refractivity (Wildman–Crippen MR) is 58.9 cm³/mol. The van der Waals surface area contributed by atoms with Gasteiger partial charge in [-0.3, -0.25) is 0 Å². The molecule has 0 spiro atoms. The van der Waals surface area contributed by atoms with Gasteiger partial charge in [0.15, 0.2) is 0 Å². The smallest absolute Gasteiger partial charge is 0.134 e. The van der Waals surface area contributed by atoms with Crippen LogP contribution >= 0.6 is 0 Å².